The Balaban J connectivity index is 3.61. The Labute approximate surface area is 102 Å². The van der Waals surface area contributed by atoms with E-state index in [9.17, 15) is 5.11 Å². The molecule has 0 saturated carbocycles. The van der Waals surface area contributed by atoms with E-state index in [1.807, 2.05) is 14.1 Å². The van der Waals surface area contributed by atoms with E-state index >= 15 is 0 Å². The van der Waals surface area contributed by atoms with Gasteiger partial charge < -0.3 is 10.0 Å². The van der Waals surface area contributed by atoms with E-state index in [4.69, 9.17) is 0 Å². The highest BCUT2D eigenvalue weighted by molar-refractivity contribution is 4.85. The quantitative estimate of drug-likeness (QED) is 0.612. The van der Waals surface area contributed by atoms with Crippen molar-refractivity contribution in [1.82, 2.24) is 4.90 Å². The summed E-state index contributed by atoms with van der Waals surface area (Å²) >= 11 is 0. The van der Waals surface area contributed by atoms with Gasteiger partial charge in [0.1, 0.15) is 0 Å². The van der Waals surface area contributed by atoms with E-state index in [-0.39, 0.29) is 11.6 Å². The Morgan fingerprint density at radius 1 is 1.00 bits per heavy atom. The van der Waals surface area contributed by atoms with Crippen molar-refractivity contribution in [3.8, 4) is 0 Å². The minimum atomic E-state index is -0.214. The molecule has 0 aliphatic heterocycles. The molecule has 0 saturated heterocycles. The fraction of sp³-hybridized carbons (Fsp3) is 1.00. The summed E-state index contributed by atoms with van der Waals surface area (Å²) in [4.78, 5) is 2.11. The van der Waals surface area contributed by atoms with E-state index in [1.165, 1.54) is 32.1 Å². The van der Waals surface area contributed by atoms with Crippen LogP contribution in [0.2, 0.25) is 0 Å². The van der Waals surface area contributed by atoms with E-state index in [1.54, 1.807) is 0 Å². The molecule has 0 spiro atoms. The van der Waals surface area contributed by atoms with E-state index in [0.717, 1.165) is 12.8 Å². The number of likely N-dealkylation sites (N-methyl/N-ethyl adjacent to an activating group) is 1. The highest BCUT2D eigenvalue weighted by Crippen LogP contribution is 2.20. The van der Waals surface area contributed by atoms with Crippen LogP contribution < -0.4 is 0 Å². The molecule has 0 bridgehead atoms. The topological polar surface area (TPSA) is 23.5 Å². The van der Waals surface area contributed by atoms with Crippen LogP contribution in [0.3, 0.4) is 0 Å². The third kappa shape index (κ3) is 5.86. The molecule has 0 aromatic rings. The lowest BCUT2D eigenvalue weighted by Crippen LogP contribution is -2.48. The minimum absolute atomic E-state index is 0.108. The second-order valence-corrected chi connectivity index (χ2v) is 5.62. The largest absolute Gasteiger partial charge is 0.391 e. The first-order valence-electron chi connectivity index (χ1n) is 6.78. The van der Waals surface area contributed by atoms with Gasteiger partial charge in [0.15, 0.2) is 0 Å². The lowest BCUT2D eigenvalue weighted by atomic mass is 9.91. The van der Waals surface area contributed by atoms with Gasteiger partial charge in [0.25, 0.3) is 0 Å². The number of unbranched alkanes of at least 4 members (excludes halogenated alkanes) is 5. The summed E-state index contributed by atoms with van der Waals surface area (Å²) < 4.78 is 0. The average Bonchev–Trinajstić information content (AvgIpc) is 2.22. The van der Waals surface area contributed by atoms with Gasteiger partial charge in [0.2, 0.25) is 0 Å². The molecule has 1 N–H and O–H groups in total. The molecule has 16 heavy (non-hydrogen) atoms. The van der Waals surface area contributed by atoms with Gasteiger partial charge in [-0.25, -0.2) is 0 Å². The summed E-state index contributed by atoms with van der Waals surface area (Å²) in [5, 5.41) is 10.1. The van der Waals surface area contributed by atoms with Crippen LogP contribution in [0.25, 0.3) is 0 Å². The van der Waals surface area contributed by atoms with Crippen LogP contribution in [0.15, 0.2) is 0 Å². The Morgan fingerprint density at radius 2 is 1.50 bits per heavy atom. The molecule has 2 heteroatoms. The van der Waals surface area contributed by atoms with Crippen LogP contribution in [0.5, 0.6) is 0 Å². The third-order valence-electron chi connectivity index (χ3n) is 3.80. The SMILES string of the molecule is CCCCCCCCC(O)C(C)(C)N(C)C. The van der Waals surface area contributed by atoms with Crippen molar-refractivity contribution in [2.24, 2.45) is 0 Å². The standard InChI is InChI=1S/C14H31NO/c1-6-7-8-9-10-11-12-13(16)14(2,3)15(4)5/h13,16H,6-12H2,1-5H3. The van der Waals surface area contributed by atoms with Crippen molar-refractivity contribution >= 4 is 0 Å². The monoisotopic (exact) mass is 229 g/mol. The molecule has 0 aromatic carbocycles. The maximum atomic E-state index is 10.1. The zero-order chi connectivity index (χ0) is 12.6. The Bertz CT molecular complexity index is 166. The molecule has 0 amide bonds. The van der Waals surface area contributed by atoms with Gasteiger partial charge >= 0.3 is 0 Å². The smallest absolute Gasteiger partial charge is 0.0718 e. The first kappa shape index (κ1) is 15.9. The van der Waals surface area contributed by atoms with Crippen LogP contribution in [-0.2, 0) is 0 Å². The molecule has 0 fully saturated rings. The van der Waals surface area contributed by atoms with Crippen LogP contribution in [0.4, 0.5) is 0 Å². The summed E-state index contributed by atoms with van der Waals surface area (Å²) in [6, 6.07) is 0. The van der Waals surface area contributed by atoms with E-state index in [2.05, 4.69) is 25.7 Å². The number of aliphatic hydroxyl groups is 1. The molecular weight excluding hydrogens is 198 g/mol. The molecule has 0 aromatic heterocycles. The number of hydrogen-bond acceptors (Lipinski definition) is 2. The molecule has 0 aliphatic rings. The van der Waals surface area contributed by atoms with Gasteiger partial charge in [-0.2, -0.15) is 0 Å². The Hall–Kier alpha value is -0.0800. The number of rotatable bonds is 9. The molecule has 1 atom stereocenters. The van der Waals surface area contributed by atoms with Crippen LogP contribution >= 0.6 is 0 Å². The van der Waals surface area contributed by atoms with Crippen molar-refractivity contribution in [1.29, 1.82) is 0 Å². The zero-order valence-corrected chi connectivity index (χ0v) is 11.9. The van der Waals surface area contributed by atoms with Crippen molar-refractivity contribution in [2.75, 3.05) is 14.1 Å². The lowest BCUT2D eigenvalue weighted by Gasteiger charge is -2.37. The highest BCUT2D eigenvalue weighted by atomic mass is 16.3. The third-order valence-corrected chi connectivity index (χ3v) is 3.80. The predicted molar refractivity (Wildman–Crippen MR) is 71.8 cm³/mol. The molecule has 0 rings (SSSR count). The summed E-state index contributed by atoms with van der Waals surface area (Å²) in [6.07, 6.45) is 8.46. The van der Waals surface area contributed by atoms with Crippen molar-refractivity contribution in [3.05, 3.63) is 0 Å². The van der Waals surface area contributed by atoms with Gasteiger partial charge in [0, 0.05) is 5.54 Å². The maximum Gasteiger partial charge on any atom is 0.0718 e. The van der Waals surface area contributed by atoms with Gasteiger partial charge in [-0.15, -0.1) is 0 Å². The first-order chi connectivity index (χ1) is 7.42. The summed E-state index contributed by atoms with van der Waals surface area (Å²) in [5.41, 5.74) is -0.108. The number of aliphatic hydroxyl groups excluding tert-OH is 1. The number of hydrogen-bond donors (Lipinski definition) is 1. The molecular formula is C14H31NO. The fourth-order valence-corrected chi connectivity index (χ4v) is 1.77. The summed E-state index contributed by atoms with van der Waals surface area (Å²) in [5.74, 6) is 0. The van der Waals surface area contributed by atoms with Crippen molar-refractivity contribution < 1.29 is 5.11 Å². The summed E-state index contributed by atoms with van der Waals surface area (Å²) in [7, 11) is 4.06. The highest BCUT2D eigenvalue weighted by Gasteiger charge is 2.29. The molecule has 2 nitrogen and oxygen atoms in total. The van der Waals surface area contributed by atoms with Crippen molar-refractivity contribution in [2.45, 2.75) is 77.4 Å². The van der Waals surface area contributed by atoms with Crippen LogP contribution in [0.1, 0.15) is 65.7 Å². The molecule has 0 aliphatic carbocycles. The predicted octanol–water partition coefficient (Wildman–Crippen LogP) is 3.44. The minimum Gasteiger partial charge on any atom is -0.391 e. The Kier molecular flexibility index (Phi) is 8.04. The van der Waals surface area contributed by atoms with Gasteiger partial charge in [-0.3, -0.25) is 0 Å². The normalized spacial score (nSPS) is 14.4. The lowest BCUT2D eigenvalue weighted by molar-refractivity contribution is 0.0109. The second-order valence-electron chi connectivity index (χ2n) is 5.62. The van der Waals surface area contributed by atoms with E-state index < -0.39 is 0 Å². The first-order valence-corrected chi connectivity index (χ1v) is 6.78. The Morgan fingerprint density at radius 3 is 2.00 bits per heavy atom. The fourth-order valence-electron chi connectivity index (χ4n) is 1.77. The molecule has 98 valence electrons. The maximum absolute atomic E-state index is 10.1. The number of nitrogens with zero attached hydrogens (tertiary/aromatic N) is 1. The van der Waals surface area contributed by atoms with Crippen molar-refractivity contribution in [3.63, 3.8) is 0 Å². The molecule has 0 heterocycles. The molecule has 1 unspecified atom stereocenters. The zero-order valence-electron chi connectivity index (χ0n) is 11.9. The van der Waals surface area contributed by atoms with Gasteiger partial charge in [-0.05, 0) is 34.4 Å². The van der Waals surface area contributed by atoms with E-state index in [0.29, 0.717) is 0 Å². The summed E-state index contributed by atoms with van der Waals surface area (Å²) in [6.45, 7) is 6.45. The van der Waals surface area contributed by atoms with Crippen LogP contribution in [0, 0.1) is 0 Å². The average molecular weight is 229 g/mol. The van der Waals surface area contributed by atoms with Gasteiger partial charge in [-0.1, -0.05) is 45.4 Å². The van der Waals surface area contributed by atoms with Gasteiger partial charge in [0.05, 0.1) is 6.10 Å². The van der Waals surface area contributed by atoms with Crippen LogP contribution in [-0.4, -0.2) is 35.7 Å². The molecule has 0 radical (unpaired) electrons. The second kappa shape index (κ2) is 8.08.